The van der Waals surface area contributed by atoms with E-state index in [2.05, 4.69) is 15.9 Å². The van der Waals surface area contributed by atoms with Crippen molar-refractivity contribution in [1.29, 1.82) is 0 Å². The molecule has 0 aliphatic rings. The van der Waals surface area contributed by atoms with Crippen molar-refractivity contribution in [3.63, 3.8) is 0 Å². The highest BCUT2D eigenvalue weighted by molar-refractivity contribution is 9.10. The summed E-state index contributed by atoms with van der Waals surface area (Å²) in [6.45, 7) is 0.280. The minimum atomic E-state index is -0.0733. The smallest absolute Gasteiger partial charge is 0.139 e. The van der Waals surface area contributed by atoms with Gasteiger partial charge in [0.05, 0.1) is 21.1 Å². The quantitative estimate of drug-likeness (QED) is 0.845. The molecule has 0 unspecified atom stereocenters. The van der Waals surface area contributed by atoms with Crippen LogP contribution in [0.4, 0.5) is 0 Å². The third-order valence-corrected chi connectivity index (χ3v) is 3.95. The fourth-order valence-electron chi connectivity index (χ4n) is 1.62. The van der Waals surface area contributed by atoms with E-state index in [4.69, 9.17) is 27.9 Å². The van der Waals surface area contributed by atoms with E-state index in [0.717, 1.165) is 15.6 Å². The van der Waals surface area contributed by atoms with Crippen molar-refractivity contribution >= 4 is 39.1 Å². The summed E-state index contributed by atoms with van der Waals surface area (Å²) >= 11 is 15.2. The van der Waals surface area contributed by atoms with Crippen LogP contribution >= 0.6 is 39.1 Å². The van der Waals surface area contributed by atoms with E-state index < -0.39 is 0 Å². The van der Waals surface area contributed by atoms with Crippen molar-refractivity contribution in [3.05, 3.63) is 62.0 Å². The van der Waals surface area contributed by atoms with Gasteiger partial charge in [0, 0.05) is 5.56 Å². The first-order chi connectivity index (χ1) is 9.11. The van der Waals surface area contributed by atoms with Gasteiger partial charge in [0.15, 0.2) is 0 Å². The first kappa shape index (κ1) is 14.7. The molecule has 0 spiro atoms. The molecule has 100 valence electrons. The predicted octanol–water partition coefficient (Wildman–Crippen LogP) is 4.83. The Kier molecular flexibility index (Phi) is 5.11. The van der Waals surface area contributed by atoms with Gasteiger partial charge in [0.1, 0.15) is 12.4 Å². The van der Waals surface area contributed by atoms with Crippen molar-refractivity contribution in [3.8, 4) is 5.75 Å². The second-order valence-electron chi connectivity index (χ2n) is 3.92. The summed E-state index contributed by atoms with van der Waals surface area (Å²) in [6, 6.07) is 10.9. The maximum atomic E-state index is 9.28. The first-order valence-corrected chi connectivity index (χ1v) is 7.11. The van der Waals surface area contributed by atoms with E-state index in [-0.39, 0.29) is 6.61 Å². The zero-order valence-corrected chi connectivity index (χ0v) is 13.0. The standard InChI is InChI=1S/C14H11BrCl2O2/c15-11-3-1-2-10(7-18)14(11)19-8-9-4-5-12(16)13(17)6-9/h1-6,18H,7-8H2. The lowest BCUT2D eigenvalue weighted by Gasteiger charge is -2.12. The van der Waals surface area contributed by atoms with Crippen LogP contribution in [0.25, 0.3) is 0 Å². The Morgan fingerprint density at radius 2 is 1.89 bits per heavy atom. The van der Waals surface area contributed by atoms with E-state index in [0.29, 0.717) is 22.4 Å². The summed E-state index contributed by atoms with van der Waals surface area (Å²) in [5, 5.41) is 10.3. The minimum absolute atomic E-state index is 0.0733. The molecule has 2 aromatic rings. The monoisotopic (exact) mass is 360 g/mol. The van der Waals surface area contributed by atoms with Gasteiger partial charge in [0.25, 0.3) is 0 Å². The van der Waals surface area contributed by atoms with E-state index in [1.165, 1.54) is 0 Å². The zero-order valence-electron chi connectivity index (χ0n) is 9.87. The Bertz CT molecular complexity index is 588. The molecule has 2 aromatic carbocycles. The van der Waals surface area contributed by atoms with Crippen molar-refractivity contribution in [2.75, 3.05) is 0 Å². The normalized spacial score (nSPS) is 10.5. The predicted molar refractivity (Wildman–Crippen MR) is 80.9 cm³/mol. The lowest BCUT2D eigenvalue weighted by molar-refractivity contribution is 0.258. The van der Waals surface area contributed by atoms with Gasteiger partial charge >= 0.3 is 0 Å². The lowest BCUT2D eigenvalue weighted by atomic mass is 10.2. The molecule has 0 bridgehead atoms. The van der Waals surface area contributed by atoms with Crippen LogP contribution < -0.4 is 4.74 Å². The molecular formula is C14H11BrCl2O2. The van der Waals surface area contributed by atoms with Crippen molar-refractivity contribution in [1.82, 2.24) is 0 Å². The van der Waals surface area contributed by atoms with Crippen LogP contribution in [0.3, 0.4) is 0 Å². The molecule has 0 atom stereocenters. The number of hydrogen-bond acceptors (Lipinski definition) is 2. The molecule has 19 heavy (non-hydrogen) atoms. The zero-order chi connectivity index (χ0) is 13.8. The van der Waals surface area contributed by atoms with Crippen molar-refractivity contribution in [2.45, 2.75) is 13.2 Å². The molecule has 0 heterocycles. The van der Waals surface area contributed by atoms with Crippen LogP contribution in [-0.4, -0.2) is 5.11 Å². The molecule has 0 aromatic heterocycles. The largest absolute Gasteiger partial charge is 0.487 e. The summed E-state index contributed by atoms with van der Waals surface area (Å²) in [5.74, 6) is 0.635. The Hall–Kier alpha value is -0.740. The molecule has 5 heteroatoms. The molecule has 0 fully saturated rings. The number of aliphatic hydroxyl groups excluding tert-OH is 1. The summed E-state index contributed by atoms with van der Waals surface area (Å²) in [6.07, 6.45) is 0. The second-order valence-corrected chi connectivity index (χ2v) is 5.59. The van der Waals surface area contributed by atoms with E-state index in [1.54, 1.807) is 12.1 Å². The molecule has 0 aliphatic carbocycles. The highest BCUT2D eigenvalue weighted by Crippen LogP contribution is 2.30. The van der Waals surface area contributed by atoms with Crippen LogP contribution in [0.5, 0.6) is 5.75 Å². The number of ether oxygens (including phenoxy) is 1. The SMILES string of the molecule is OCc1cccc(Br)c1OCc1ccc(Cl)c(Cl)c1. The molecule has 1 N–H and O–H groups in total. The molecule has 0 saturated heterocycles. The van der Waals surface area contributed by atoms with Crippen LogP contribution in [0.1, 0.15) is 11.1 Å². The highest BCUT2D eigenvalue weighted by atomic mass is 79.9. The summed E-state index contributed by atoms with van der Waals surface area (Å²) in [5.41, 5.74) is 1.64. The highest BCUT2D eigenvalue weighted by Gasteiger charge is 2.08. The molecule has 2 nitrogen and oxygen atoms in total. The van der Waals surface area contributed by atoms with E-state index >= 15 is 0 Å². The van der Waals surface area contributed by atoms with Gasteiger partial charge in [0.2, 0.25) is 0 Å². The van der Waals surface area contributed by atoms with Gasteiger partial charge in [-0.15, -0.1) is 0 Å². The average Bonchev–Trinajstić information content (AvgIpc) is 2.41. The molecule has 0 amide bonds. The fraction of sp³-hybridized carbons (Fsp3) is 0.143. The Labute approximate surface area is 130 Å². The second kappa shape index (κ2) is 6.62. The van der Waals surface area contributed by atoms with Gasteiger partial charge < -0.3 is 9.84 Å². The number of hydrogen-bond donors (Lipinski definition) is 1. The molecule has 0 aliphatic heterocycles. The van der Waals surface area contributed by atoms with Crippen molar-refractivity contribution < 1.29 is 9.84 Å². The Morgan fingerprint density at radius 3 is 2.58 bits per heavy atom. The average molecular weight is 362 g/mol. The summed E-state index contributed by atoms with van der Waals surface area (Å²) in [7, 11) is 0. The Balaban J connectivity index is 2.16. The van der Waals surface area contributed by atoms with Gasteiger partial charge in [-0.05, 0) is 39.7 Å². The third-order valence-electron chi connectivity index (χ3n) is 2.59. The van der Waals surface area contributed by atoms with Crippen LogP contribution in [-0.2, 0) is 13.2 Å². The summed E-state index contributed by atoms with van der Waals surface area (Å²) < 4.78 is 6.54. The van der Waals surface area contributed by atoms with E-state index in [9.17, 15) is 5.11 Å². The van der Waals surface area contributed by atoms with Crippen LogP contribution in [0.2, 0.25) is 10.0 Å². The van der Waals surface area contributed by atoms with Crippen LogP contribution in [0, 0.1) is 0 Å². The van der Waals surface area contributed by atoms with Crippen LogP contribution in [0.15, 0.2) is 40.9 Å². The van der Waals surface area contributed by atoms with Gasteiger partial charge in [-0.2, -0.15) is 0 Å². The van der Waals surface area contributed by atoms with Crippen molar-refractivity contribution in [2.24, 2.45) is 0 Å². The van der Waals surface area contributed by atoms with Gasteiger partial charge in [-0.3, -0.25) is 0 Å². The van der Waals surface area contributed by atoms with Gasteiger partial charge in [-0.1, -0.05) is 41.4 Å². The third kappa shape index (κ3) is 3.63. The molecule has 2 rings (SSSR count). The maximum absolute atomic E-state index is 9.28. The number of rotatable bonds is 4. The lowest BCUT2D eigenvalue weighted by Crippen LogP contribution is -1.99. The summed E-state index contributed by atoms with van der Waals surface area (Å²) in [4.78, 5) is 0. The molecule has 0 radical (unpaired) electrons. The minimum Gasteiger partial charge on any atom is -0.487 e. The number of aliphatic hydroxyl groups is 1. The topological polar surface area (TPSA) is 29.5 Å². The Morgan fingerprint density at radius 1 is 1.11 bits per heavy atom. The molecular weight excluding hydrogens is 351 g/mol. The number of benzene rings is 2. The van der Waals surface area contributed by atoms with E-state index in [1.807, 2.05) is 24.3 Å². The number of halogens is 3. The first-order valence-electron chi connectivity index (χ1n) is 5.57. The maximum Gasteiger partial charge on any atom is 0.139 e. The van der Waals surface area contributed by atoms with Gasteiger partial charge in [-0.25, -0.2) is 0 Å². The fourth-order valence-corrected chi connectivity index (χ4v) is 2.47. The molecule has 0 saturated carbocycles. The number of para-hydroxylation sites is 1.